The highest BCUT2D eigenvalue weighted by Gasteiger charge is 2.40. The van der Waals surface area contributed by atoms with E-state index in [1.54, 1.807) is 0 Å². The van der Waals surface area contributed by atoms with Gasteiger partial charge in [-0.05, 0) is 42.4 Å². The highest BCUT2D eigenvalue weighted by molar-refractivity contribution is 6.05. The summed E-state index contributed by atoms with van der Waals surface area (Å²) in [6.45, 7) is 1.20. The smallest absolute Gasteiger partial charge is 0.254 e. The van der Waals surface area contributed by atoms with Crippen LogP contribution in [-0.2, 0) is 11.2 Å². The fourth-order valence-electron chi connectivity index (χ4n) is 4.40. The van der Waals surface area contributed by atoms with Crippen molar-refractivity contribution in [1.29, 1.82) is 0 Å². The molecule has 1 saturated heterocycles. The fraction of sp³-hybridized carbons (Fsp3) is 0.391. The van der Waals surface area contributed by atoms with Crippen LogP contribution < -0.4 is 0 Å². The molecule has 138 valence electrons. The highest BCUT2D eigenvalue weighted by Crippen LogP contribution is 2.40. The Hall–Kier alpha value is -2.46. The fourth-order valence-corrected chi connectivity index (χ4v) is 4.40. The van der Waals surface area contributed by atoms with E-state index in [0.717, 1.165) is 16.7 Å². The van der Waals surface area contributed by atoms with E-state index in [0.29, 0.717) is 37.4 Å². The quantitative estimate of drug-likeness (QED) is 0.835. The highest BCUT2D eigenvalue weighted by atomic mass is 16.5. The predicted octanol–water partition coefficient (Wildman–Crippen LogP) is 3.81. The van der Waals surface area contributed by atoms with Crippen LogP contribution in [0.25, 0.3) is 0 Å². The lowest BCUT2D eigenvalue weighted by Crippen LogP contribution is -2.48. The second-order valence-electron chi connectivity index (χ2n) is 7.88. The Morgan fingerprint density at radius 1 is 0.963 bits per heavy atom. The summed E-state index contributed by atoms with van der Waals surface area (Å²) in [4.78, 5) is 27.4. The van der Waals surface area contributed by atoms with Crippen molar-refractivity contribution < 1.29 is 14.3 Å². The van der Waals surface area contributed by atoms with E-state index in [1.807, 2.05) is 41.3 Å². The number of Topliss-reactive ketones (excluding diaryl/α,β-unsaturated/α-hetero) is 1. The van der Waals surface area contributed by atoms with Crippen LogP contribution in [0.5, 0.6) is 0 Å². The Bertz CT molecular complexity index is 888. The van der Waals surface area contributed by atoms with Crippen molar-refractivity contribution in [2.45, 2.75) is 37.9 Å². The van der Waals surface area contributed by atoms with Crippen molar-refractivity contribution in [3.05, 3.63) is 70.8 Å². The van der Waals surface area contributed by atoms with Gasteiger partial charge in [-0.3, -0.25) is 9.59 Å². The lowest BCUT2D eigenvalue weighted by atomic mass is 10.00. The third-order valence-electron chi connectivity index (χ3n) is 6.04. The summed E-state index contributed by atoms with van der Waals surface area (Å²) in [5.41, 5.74) is 3.47. The number of amides is 1. The maximum absolute atomic E-state index is 13.4. The molecule has 2 aromatic carbocycles. The standard InChI is InChI=1S/C23H23NO3/c25-20-12-11-17-18(20)7-4-8-19(17)23(26)24-13-21(15-5-2-1-3-6-15)27-22(14-24)16-9-10-16/h1-8,16,21-22H,9-14H2/t21-,22+/m0/s1. The second-order valence-corrected chi connectivity index (χ2v) is 7.88. The minimum absolute atomic E-state index is 0.0384. The minimum Gasteiger partial charge on any atom is -0.366 e. The zero-order valence-electron chi connectivity index (χ0n) is 15.3. The summed E-state index contributed by atoms with van der Waals surface area (Å²) in [6.07, 6.45) is 3.57. The summed E-state index contributed by atoms with van der Waals surface area (Å²) in [6, 6.07) is 15.7. The number of benzene rings is 2. The summed E-state index contributed by atoms with van der Waals surface area (Å²) in [5, 5.41) is 0. The molecule has 0 radical (unpaired) electrons. The molecule has 1 aliphatic heterocycles. The van der Waals surface area contributed by atoms with Crippen LogP contribution in [0.2, 0.25) is 0 Å². The van der Waals surface area contributed by atoms with Gasteiger partial charge < -0.3 is 9.64 Å². The third kappa shape index (κ3) is 3.08. The number of ketones is 1. The Morgan fingerprint density at radius 2 is 1.78 bits per heavy atom. The van der Waals surface area contributed by atoms with Crippen molar-refractivity contribution in [3.63, 3.8) is 0 Å². The monoisotopic (exact) mass is 361 g/mol. The van der Waals surface area contributed by atoms with E-state index >= 15 is 0 Å². The van der Waals surface area contributed by atoms with E-state index in [2.05, 4.69) is 12.1 Å². The number of nitrogens with zero attached hydrogens (tertiary/aromatic N) is 1. The minimum atomic E-state index is -0.0899. The van der Waals surface area contributed by atoms with Crippen LogP contribution >= 0.6 is 0 Å². The van der Waals surface area contributed by atoms with Crippen molar-refractivity contribution in [2.75, 3.05) is 13.1 Å². The first-order valence-electron chi connectivity index (χ1n) is 9.85. The van der Waals surface area contributed by atoms with E-state index in [-0.39, 0.29) is 23.9 Å². The first-order valence-corrected chi connectivity index (χ1v) is 9.85. The van der Waals surface area contributed by atoms with Gasteiger partial charge in [0.1, 0.15) is 6.10 Å². The zero-order valence-corrected chi connectivity index (χ0v) is 15.3. The van der Waals surface area contributed by atoms with Crippen molar-refractivity contribution in [1.82, 2.24) is 4.90 Å². The predicted molar refractivity (Wildman–Crippen MR) is 102 cm³/mol. The second kappa shape index (κ2) is 6.61. The molecule has 4 heteroatoms. The molecule has 2 aromatic rings. The topological polar surface area (TPSA) is 46.6 Å². The molecule has 1 amide bonds. The molecule has 0 aromatic heterocycles. The summed E-state index contributed by atoms with van der Waals surface area (Å²) in [7, 11) is 0. The van der Waals surface area contributed by atoms with Gasteiger partial charge in [0.2, 0.25) is 0 Å². The lowest BCUT2D eigenvalue weighted by Gasteiger charge is -2.39. The van der Waals surface area contributed by atoms with Crippen LogP contribution in [0.3, 0.4) is 0 Å². The van der Waals surface area contributed by atoms with Crippen molar-refractivity contribution >= 4 is 11.7 Å². The maximum atomic E-state index is 13.4. The Labute approximate surface area is 159 Å². The largest absolute Gasteiger partial charge is 0.366 e. The third-order valence-corrected chi connectivity index (χ3v) is 6.04. The summed E-state index contributed by atoms with van der Waals surface area (Å²) in [5.74, 6) is 0.756. The molecular weight excluding hydrogens is 338 g/mol. The Balaban J connectivity index is 1.45. The molecule has 2 aliphatic carbocycles. The zero-order chi connectivity index (χ0) is 18.4. The van der Waals surface area contributed by atoms with Gasteiger partial charge in [0.05, 0.1) is 12.6 Å². The summed E-state index contributed by atoms with van der Waals surface area (Å²) >= 11 is 0. The van der Waals surface area contributed by atoms with Crippen LogP contribution in [-0.4, -0.2) is 35.8 Å². The molecule has 3 aliphatic rings. The van der Waals surface area contributed by atoms with E-state index in [9.17, 15) is 9.59 Å². The van der Waals surface area contributed by atoms with E-state index in [1.165, 1.54) is 12.8 Å². The first-order chi connectivity index (χ1) is 13.2. The molecule has 0 spiro atoms. The van der Waals surface area contributed by atoms with E-state index in [4.69, 9.17) is 4.74 Å². The van der Waals surface area contributed by atoms with Gasteiger partial charge in [-0.2, -0.15) is 0 Å². The van der Waals surface area contributed by atoms with Gasteiger partial charge in [0.15, 0.2) is 5.78 Å². The molecule has 4 nitrogen and oxygen atoms in total. The molecule has 5 rings (SSSR count). The van der Waals surface area contributed by atoms with Crippen LogP contribution in [0, 0.1) is 5.92 Å². The molecule has 0 bridgehead atoms. The number of hydrogen-bond donors (Lipinski definition) is 0. The number of fused-ring (bicyclic) bond motifs is 1. The van der Waals surface area contributed by atoms with Gasteiger partial charge in [-0.15, -0.1) is 0 Å². The Kier molecular flexibility index (Phi) is 4.09. The van der Waals surface area contributed by atoms with Gasteiger partial charge >= 0.3 is 0 Å². The van der Waals surface area contributed by atoms with Crippen molar-refractivity contribution in [3.8, 4) is 0 Å². The van der Waals surface area contributed by atoms with Crippen LogP contribution in [0.4, 0.5) is 0 Å². The number of morpholine rings is 1. The van der Waals surface area contributed by atoms with Gasteiger partial charge in [0, 0.05) is 24.1 Å². The Morgan fingerprint density at radius 3 is 2.56 bits per heavy atom. The van der Waals surface area contributed by atoms with Gasteiger partial charge in [-0.1, -0.05) is 42.5 Å². The molecular formula is C23H23NO3. The number of rotatable bonds is 3. The maximum Gasteiger partial charge on any atom is 0.254 e. The first kappa shape index (κ1) is 16.7. The molecule has 1 saturated carbocycles. The molecule has 27 heavy (non-hydrogen) atoms. The van der Waals surface area contributed by atoms with Crippen molar-refractivity contribution in [2.24, 2.45) is 5.92 Å². The van der Waals surface area contributed by atoms with Crippen LogP contribution in [0.15, 0.2) is 48.5 Å². The average molecular weight is 361 g/mol. The SMILES string of the molecule is O=C1CCc2c1cccc2C(=O)N1C[C@@H](c2ccccc2)O[C@@H](C2CC2)C1. The normalized spacial score (nSPS) is 24.7. The molecule has 2 fully saturated rings. The van der Waals surface area contributed by atoms with Gasteiger partial charge in [0.25, 0.3) is 5.91 Å². The van der Waals surface area contributed by atoms with Gasteiger partial charge in [-0.25, -0.2) is 0 Å². The number of carbonyl (C=O) groups is 2. The van der Waals surface area contributed by atoms with Crippen LogP contribution in [0.1, 0.15) is 57.2 Å². The van der Waals surface area contributed by atoms with E-state index < -0.39 is 0 Å². The number of carbonyl (C=O) groups excluding carboxylic acids is 2. The average Bonchev–Trinajstić information content (AvgIpc) is 3.51. The number of ether oxygens (including phenoxy) is 1. The summed E-state index contributed by atoms with van der Waals surface area (Å²) < 4.78 is 6.37. The molecule has 0 N–H and O–H groups in total. The molecule has 1 heterocycles. The molecule has 0 unspecified atom stereocenters. The number of hydrogen-bond acceptors (Lipinski definition) is 3. The lowest BCUT2D eigenvalue weighted by molar-refractivity contribution is -0.0864. The molecule has 2 atom stereocenters.